The number of anilines is 1. The van der Waals surface area contributed by atoms with Crippen LogP contribution in [-0.2, 0) is 4.79 Å². The third kappa shape index (κ3) is 3.11. The van der Waals surface area contributed by atoms with Gasteiger partial charge >= 0.3 is 0 Å². The van der Waals surface area contributed by atoms with Gasteiger partial charge in [0.1, 0.15) is 5.82 Å². The molecule has 1 fully saturated rings. The summed E-state index contributed by atoms with van der Waals surface area (Å²) in [5.74, 6) is -0.351. The van der Waals surface area contributed by atoms with Gasteiger partial charge in [0.2, 0.25) is 5.91 Å². The fourth-order valence-electron chi connectivity index (χ4n) is 2.94. The van der Waals surface area contributed by atoms with Crippen LogP contribution in [0.2, 0.25) is 5.02 Å². The highest BCUT2D eigenvalue weighted by Crippen LogP contribution is 2.30. The number of rotatable bonds is 2. The van der Waals surface area contributed by atoms with Gasteiger partial charge in [-0.25, -0.2) is 4.39 Å². The molecule has 1 atom stereocenters. The first-order valence-electron chi connectivity index (χ1n) is 7.56. The van der Waals surface area contributed by atoms with Crippen LogP contribution in [0.4, 0.5) is 10.1 Å². The van der Waals surface area contributed by atoms with E-state index in [9.17, 15) is 9.18 Å². The van der Waals surface area contributed by atoms with Crippen molar-refractivity contribution < 1.29 is 9.18 Å². The molecule has 3 rings (SSSR count). The molecule has 1 aromatic heterocycles. The SMILES string of the molecule is CC(C)(C)N1CC(Nc2ccnc3cc(F)c(Cl)cc23)CC1=O. The number of nitrogens with zero attached hydrogens (tertiary/aromatic N) is 2. The first-order chi connectivity index (χ1) is 10.8. The minimum Gasteiger partial charge on any atom is -0.379 e. The van der Waals surface area contributed by atoms with E-state index in [1.165, 1.54) is 6.07 Å². The summed E-state index contributed by atoms with van der Waals surface area (Å²) in [4.78, 5) is 18.2. The molecule has 0 saturated carbocycles. The topological polar surface area (TPSA) is 45.2 Å². The Labute approximate surface area is 139 Å². The predicted molar refractivity (Wildman–Crippen MR) is 90.2 cm³/mol. The number of hydrogen-bond donors (Lipinski definition) is 1. The molecule has 4 nitrogen and oxygen atoms in total. The van der Waals surface area contributed by atoms with E-state index < -0.39 is 5.82 Å². The van der Waals surface area contributed by atoms with Gasteiger partial charge in [-0.2, -0.15) is 0 Å². The Kier molecular flexibility index (Phi) is 3.92. The Balaban J connectivity index is 1.88. The van der Waals surface area contributed by atoms with Gasteiger partial charge in [-0.15, -0.1) is 0 Å². The molecule has 0 aliphatic carbocycles. The number of carbonyl (C=O) groups excluding carboxylic acids is 1. The molecule has 1 N–H and O–H groups in total. The molecule has 1 aromatic carbocycles. The number of aromatic nitrogens is 1. The summed E-state index contributed by atoms with van der Waals surface area (Å²) in [6.45, 7) is 6.72. The molecular formula is C17H19ClFN3O. The summed E-state index contributed by atoms with van der Waals surface area (Å²) >= 11 is 5.89. The zero-order valence-electron chi connectivity index (χ0n) is 13.4. The molecule has 2 aromatic rings. The molecule has 23 heavy (non-hydrogen) atoms. The molecular weight excluding hydrogens is 317 g/mol. The fraction of sp³-hybridized carbons (Fsp3) is 0.412. The maximum atomic E-state index is 13.6. The van der Waals surface area contributed by atoms with Crippen molar-refractivity contribution in [2.24, 2.45) is 0 Å². The highest BCUT2D eigenvalue weighted by molar-refractivity contribution is 6.31. The van der Waals surface area contributed by atoms with Crippen LogP contribution in [-0.4, -0.2) is 33.9 Å². The van der Waals surface area contributed by atoms with E-state index in [1.54, 1.807) is 12.3 Å². The minimum absolute atomic E-state index is 0.0103. The van der Waals surface area contributed by atoms with Crippen LogP contribution in [0.1, 0.15) is 27.2 Å². The number of fused-ring (bicyclic) bond motifs is 1. The first-order valence-corrected chi connectivity index (χ1v) is 7.94. The van der Waals surface area contributed by atoms with Crippen molar-refractivity contribution in [3.05, 3.63) is 35.2 Å². The van der Waals surface area contributed by atoms with Gasteiger partial charge in [0, 0.05) is 41.8 Å². The third-order valence-electron chi connectivity index (χ3n) is 4.08. The van der Waals surface area contributed by atoms with Gasteiger partial charge in [0.25, 0.3) is 0 Å². The quantitative estimate of drug-likeness (QED) is 0.907. The summed E-state index contributed by atoms with van der Waals surface area (Å²) in [6.07, 6.45) is 2.06. The number of nitrogens with one attached hydrogen (secondary N) is 1. The van der Waals surface area contributed by atoms with Crippen LogP contribution >= 0.6 is 11.6 Å². The fourth-order valence-corrected chi connectivity index (χ4v) is 3.10. The number of hydrogen-bond acceptors (Lipinski definition) is 3. The Morgan fingerprint density at radius 2 is 2.13 bits per heavy atom. The van der Waals surface area contributed by atoms with Gasteiger partial charge in [-0.05, 0) is 32.9 Å². The second-order valence-corrected chi connectivity index (χ2v) is 7.27. The lowest BCUT2D eigenvalue weighted by atomic mass is 10.1. The zero-order valence-corrected chi connectivity index (χ0v) is 14.1. The molecule has 1 amide bonds. The Hall–Kier alpha value is -1.88. The Bertz CT molecular complexity index is 772. The molecule has 2 heterocycles. The molecule has 1 aliphatic rings. The minimum atomic E-state index is -0.487. The maximum Gasteiger partial charge on any atom is 0.225 e. The monoisotopic (exact) mass is 335 g/mol. The number of carbonyl (C=O) groups is 1. The van der Waals surface area contributed by atoms with Crippen molar-refractivity contribution in [2.45, 2.75) is 38.8 Å². The summed E-state index contributed by atoms with van der Waals surface area (Å²) in [5.41, 5.74) is 1.15. The number of halogens is 2. The van der Waals surface area contributed by atoms with Crippen LogP contribution in [0.5, 0.6) is 0 Å². The molecule has 0 spiro atoms. The van der Waals surface area contributed by atoms with E-state index >= 15 is 0 Å². The van der Waals surface area contributed by atoms with Crippen LogP contribution in [0.25, 0.3) is 10.9 Å². The van der Waals surface area contributed by atoms with E-state index in [0.717, 1.165) is 11.1 Å². The van der Waals surface area contributed by atoms with Gasteiger partial charge in [-0.1, -0.05) is 11.6 Å². The Morgan fingerprint density at radius 3 is 2.78 bits per heavy atom. The molecule has 1 unspecified atom stereocenters. The third-order valence-corrected chi connectivity index (χ3v) is 4.37. The zero-order chi connectivity index (χ0) is 16.8. The van der Waals surface area contributed by atoms with Gasteiger partial charge in [-0.3, -0.25) is 9.78 Å². The number of likely N-dealkylation sites (tertiary alicyclic amines) is 1. The van der Waals surface area contributed by atoms with Crippen molar-refractivity contribution in [3.8, 4) is 0 Å². The van der Waals surface area contributed by atoms with Crippen molar-refractivity contribution in [1.82, 2.24) is 9.88 Å². The van der Waals surface area contributed by atoms with Crippen LogP contribution in [0.3, 0.4) is 0 Å². The summed E-state index contributed by atoms with van der Waals surface area (Å²) < 4.78 is 13.6. The maximum absolute atomic E-state index is 13.6. The predicted octanol–water partition coefficient (Wildman–Crippen LogP) is 3.84. The van der Waals surface area contributed by atoms with Gasteiger partial charge in [0.05, 0.1) is 16.6 Å². The second kappa shape index (κ2) is 5.64. The lowest BCUT2D eigenvalue weighted by Gasteiger charge is -2.32. The van der Waals surface area contributed by atoms with E-state index in [4.69, 9.17) is 11.6 Å². The highest BCUT2D eigenvalue weighted by Gasteiger charge is 2.36. The molecule has 122 valence electrons. The lowest BCUT2D eigenvalue weighted by molar-refractivity contribution is -0.131. The van der Waals surface area contributed by atoms with Crippen molar-refractivity contribution in [1.29, 1.82) is 0 Å². The number of amides is 1. The van der Waals surface area contributed by atoms with Crippen LogP contribution < -0.4 is 5.32 Å². The lowest BCUT2D eigenvalue weighted by Crippen LogP contribution is -2.43. The second-order valence-electron chi connectivity index (χ2n) is 6.86. The largest absolute Gasteiger partial charge is 0.379 e. The number of benzene rings is 1. The van der Waals surface area contributed by atoms with Gasteiger partial charge < -0.3 is 10.2 Å². The Morgan fingerprint density at radius 1 is 1.39 bits per heavy atom. The molecule has 6 heteroatoms. The van der Waals surface area contributed by atoms with Crippen LogP contribution in [0, 0.1) is 5.82 Å². The van der Waals surface area contributed by atoms with E-state index in [0.29, 0.717) is 18.5 Å². The normalized spacial score (nSPS) is 18.7. The van der Waals surface area contributed by atoms with Gasteiger partial charge in [0.15, 0.2) is 0 Å². The van der Waals surface area contributed by atoms with E-state index in [-0.39, 0.29) is 22.5 Å². The molecule has 1 saturated heterocycles. The average Bonchev–Trinajstić information content (AvgIpc) is 2.82. The summed E-state index contributed by atoms with van der Waals surface area (Å²) in [6, 6.07) is 4.72. The van der Waals surface area contributed by atoms with Crippen molar-refractivity contribution >= 4 is 34.1 Å². The average molecular weight is 336 g/mol. The standard InChI is InChI=1S/C17H19ClFN3O/c1-17(2,3)22-9-10(6-16(22)23)21-14-4-5-20-15-8-13(19)12(18)7-11(14)15/h4-5,7-8,10H,6,9H2,1-3H3,(H,20,21). The van der Waals surface area contributed by atoms with Crippen molar-refractivity contribution in [3.63, 3.8) is 0 Å². The summed E-state index contributed by atoms with van der Waals surface area (Å²) in [5, 5.41) is 4.19. The summed E-state index contributed by atoms with van der Waals surface area (Å²) in [7, 11) is 0. The molecule has 1 aliphatic heterocycles. The highest BCUT2D eigenvalue weighted by atomic mass is 35.5. The van der Waals surface area contributed by atoms with Crippen molar-refractivity contribution in [2.75, 3.05) is 11.9 Å². The molecule has 0 bridgehead atoms. The van der Waals surface area contributed by atoms with E-state index in [1.807, 2.05) is 31.7 Å². The molecule has 0 radical (unpaired) electrons. The van der Waals surface area contributed by atoms with Crippen LogP contribution in [0.15, 0.2) is 24.4 Å². The number of pyridine rings is 1. The smallest absolute Gasteiger partial charge is 0.225 e. The first kappa shape index (κ1) is 16.0. The van der Waals surface area contributed by atoms with E-state index in [2.05, 4.69) is 10.3 Å².